The van der Waals surface area contributed by atoms with Crippen LogP contribution in [0.3, 0.4) is 0 Å². The fourth-order valence-corrected chi connectivity index (χ4v) is 8.54. The van der Waals surface area contributed by atoms with E-state index in [0.717, 1.165) is 35.3 Å². The Morgan fingerprint density at radius 1 is 0.315 bits per heavy atom. The van der Waals surface area contributed by atoms with Gasteiger partial charge in [-0.1, -0.05) is 146 Å². The van der Waals surface area contributed by atoms with Crippen molar-refractivity contribution in [3.05, 3.63) is 180 Å². The number of benzene rings is 10. The molecule has 258 valence electrons. The highest BCUT2D eigenvalue weighted by Gasteiger charge is 2.11. The summed E-state index contributed by atoms with van der Waals surface area (Å²) in [5.41, 5.74) is 7.07. The number of hydrogen-bond donors (Lipinski definition) is 0. The lowest BCUT2D eigenvalue weighted by Crippen LogP contribution is -1.89. The first-order valence-electron chi connectivity index (χ1n) is 19.3. The third kappa shape index (κ3) is 6.04. The third-order valence-corrected chi connectivity index (χ3v) is 11.4. The molecule has 0 saturated heterocycles. The van der Waals surface area contributed by atoms with Crippen molar-refractivity contribution in [1.29, 1.82) is 0 Å². The summed E-state index contributed by atoms with van der Waals surface area (Å²) in [7, 11) is 0. The van der Waals surface area contributed by atoms with Crippen LogP contribution in [-0.2, 0) is 12.8 Å². The van der Waals surface area contributed by atoms with Crippen LogP contribution in [0.15, 0.2) is 168 Å². The monoisotopic (exact) mass is 692 g/mol. The van der Waals surface area contributed by atoms with Gasteiger partial charge < -0.3 is 0 Å². The molecule has 0 radical (unpaired) electrons. The van der Waals surface area contributed by atoms with Crippen LogP contribution in [0.2, 0.25) is 0 Å². The largest absolute Gasteiger partial charge is 0.256 e. The van der Waals surface area contributed by atoms with Crippen molar-refractivity contribution in [1.82, 2.24) is 0 Å². The molecular weight excluding hydrogens is 653 g/mol. The smallest absolute Gasteiger partial charge is 0.0630 e. The second-order valence-corrected chi connectivity index (χ2v) is 14.8. The van der Waals surface area contributed by atoms with Crippen LogP contribution in [0.1, 0.15) is 47.9 Å². The molecule has 2 nitrogen and oxygen atoms in total. The van der Waals surface area contributed by atoms with Crippen molar-refractivity contribution >= 4 is 88.4 Å². The number of aliphatic imine (C=N–C) groups is 2. The minimum Gasteiger partial charge on any atom is -0.256 e. The predicted octanol–water partition coefficient (Wildman–Crippen LogP) is 14.3. The van der Waals surface area contributed by atoms with E-state index in [4.69, 9.17) is 9.98 Å². The van der Waals surface area contributed by atoms with Gasteiger partial charge in [-0.15, -0.1) is 0 Å². The summed E-state index contributed by atoms with van der Waals surface area (Å²) in [5.74, 6) is 0. The van der Waals surface area contributed by atoms with E-state index in [0.29, 0.717) is 0 Å². The molecule has 54 heavy (non-hydrogen) atoms. The van der Waals surface area contributed by atoms with Crippen LogP contribution < -0.4 is 0 Å². The molecule has 0 atom stereocenters. The van der Waals surface area contributed by atoms with Gasteiger partial charge in [0, 0.05) is 23.6 Å². The summed E-state index contributed by atoms with van der Waals surface area (Å²) in [6, 6.07) is 57.4. The molecule has 0 aromatic heterocycles. The summed E-state index contributed by atoms with van der Waals surface area (Å²) < 4.78 is 0. The Kier molecular flexibility index (Phi) is 8.30. The van der Waals surface area contributed by atoms with Crippen LogP contribution >= 0.6 is 0 Å². The van der Waals surface area contributed by atoms with Gasteiger partial charge in [-0.25, -0.2) is 0 Å². The topological polar surface area (TPSA) is 24.7 Å². The van der Waals surface area contributed by atoms with Crippen LogP contribution in [0.5, 0.6) is 0 Å². The van der Waals surface area contributed by atoms with Gasteiger partial charge >= 0.3 is 0 Å². The van der Waals surface area contributed by atoms with E-state index < -0.39 is 0 Å². The number of aryl methyl sites for hydroxylation is 2. The summed E-state index contributed by atoms with van der Waals surface area (Å²) in [6.45, 7) is 0. The molecule has 10 aromatic carbocycles. The lowest BCUT2D eigenvalue weighted by Gasteiger charge is -2.12. The molecule has 0 spiro atoms. The molecular formula is C52H40N2. The maximum Gasteiger partial charge on any atom is 0.0630 e. The molecule has 0 N–H and O–H groups in total. The fraction of sp³-hybridized carbons (Fsp3) is 0.115. The van der Waals surface area contributed by atoms with E-state index in [2.05, 4.69) is 158 Å². The van der Waals surface area contributed by atoms with Crippen molar-refractivity contribution in [3.8, 4) is 0 Å². The lowest BCUT2D eigenvalue weighted by molar-refractivity contribution is 0.640. The molecule has 0 saturated carbocycles. The molecule has 0 bridgehead atoms. The summed E-state index contributed by atoms with van der Waals surface area (Å²) in [4.78, 5) is 9.74. The number of unbranched alkanes of at least 4 members (excludes halogenated alkanes) is 3. The Hall–Kier alpha value is -6.38. The summed E-state index contributed by atoms with van der Waals surface area (Å²) in [5, 5.41) is 15.6. The van der Waals surface area contributed by atoms with E-state index in [9.17, 15) is 0 Å². The molecule has 10 rings (SSSR count). The summed E-state index contributed by atoms with van der Waals surface area (Å²) >= 11 is 0. The van der Waals surface area contributed by atoms with Crippen molar-refractivity contribution in [3.63, 3.8) is 0 Å². The molecule has 0 aliphatic carbocycles. The van der Waals surface area contributed by atoms with Crippen LogP contribution in [0.4, 0.5) is 11.4 Å². The van der Waals surface area contributed by atoms with Gasteiger partial charge in [0.2, 0.25) is 0 Å². The van der Waals surface area contributed by atoms with E-state index >= 15 is 0 Å². The average Bonchev–Trinajstić information content (AvgIpc) is 3.23. The Morgan fingerprint density at radius 2 is 0.667 bits per heavy atom. The highest BCUT2D eigenvalue weighted by atomic mass is 14.7. The van der Waals surface area contributed by atoms with Crippen molar-refractivity contribution in [2.75, 3.05) is 0 Å². The number of hydrogen-bond acceptors (Lipinski definition) is 2. The Morgan fingerprint density at radius 3 is 1.07 bits per heavy atom. The second kappa shape index (κ2) is 13.9. The van der Waals surface area contributed by atoms with E-state index in [1.54, 1.807) is 0 Å². The lowest BCUT2D eigenvalue weighted by atomic mass is 9.92. The van der Waals surface area contributed by atoms with Gasteiger partial charge in [-0.05, 0) is 126 Å². The van der Waals surface area contributed by atoms with Crippen molar-refractivity contribution in [2.45, 2.75) is 38.5 Å². The first-order valence-corrected chi connectivity index (χ1v) is 19.3. The van der Waals surface area contributed by atoms with Gasteiger partial charge in [0.15, 0.2) is 0 Å². The predicted molar refractivity (Wildman–Crippen MR) is 234 cm³/mol. The SMILES string of the molecule is C(=Nc1ccc(CCCCCCc2ccc(N=Cc3ccc4ccc5cccc6ccc3c4c56)cc2)cc1)c1ccc2ccc3cccc4ccc1c2c34. The standard InChI is InChI=1S/C52H40N2/c1(3-7-35-13-27-45(28-14-35)53-33-43-23-21-41-19-17-37-9-5-11-39-25-31-47(43)51(41)49(37)39)2-4-8-36-15-29-46(30-16-36)54-34-44-24-22-42-20-18-38-10-6-12-40-26-32-48(44)52(42)50(38)40/h5-6,9-34H,1-4,7-8H2. The average molecular weight is 693 g/mol. The zero-order valence-corrected chi connectivity index (χ0v) is 30.3. The Bertz CT molecular complexity index is 2730. The van der Waals surface area contributed by atoms with Crippen LogP contribution in [0, 0.1) is 0 Å². The second-order valence-electron chi connectivity index (χ2n) is 14.8. The van der Waals surface area contributed by atoms with E-state index in [1.807, 2.05) is 12.4 Å². The minimum absolute atomic E-state index is 0.994. The molecule has 0 aliphatic heterocycles. The number of nitrogens with zero attached hydrogens (tertiary/aromatic N) is 2. The molecule has 0 heterocycles. The van der Waals surface area contributed by atoms with Crippen molar-refractivity contribution < 1.29 is 0 Å². The maximum absolute atomic E-state index is 4.87. The zero-order valence-electron chi connectivity index (χ0n) is 30.3. The Balaban J connectivity index is 0.708. The van der Waals surface area contributed by atoms with Gasteiger partial charge in [0.1, 0.15) is 0 Å². The van der Waals surface area contributed by atoms with E-state index in [-0.39, 0.29) is 0 Å². The minimum atomic E-state index is 0.994. The van der Waals surface area contributed by atoms with E-state index in [1.165, 1.54) is 101 Å². The van der Waals surface area contributed by atoms with Crippen LogP contribution in [-0.4, -0.2) is 12.4 Å². The van der Waals surface area contributed by atoms with Gasteiger partial charge in [0.05, 0.1) is 11.4 Å². The first-order chi connectivity index (χ1) is 26.7. The zero-order chi connectivity index (χ0) is 35.8. The normalized spacial score (nSPS) is 12.4. The quantitative estimate of drug-likeness (QED) is 0.0732. The third-order valence-electron chi connectivity index (χ3n) is 11.4. The van der Waals surface area contributed by atoms with Crippen LogP contribution in [0.25, 0.3) is 64.6 Å². The molecule has 0 fully saturated rings. The first kappa shape index (κ1) is 32.3. The van der Waals surface area contributed by atoms with Gasteiger partial charge in [0.25, 0.3) is 0 Å². The maximum atomic E-state index is 4.87. The molecule has 2 heteroatoms. The molecule has 0 amide bonds. The highest BCUT2D eigenvalue weighted by molar-refractivity contribution is 6.26. The van der Waals surface area contributed by atoms with Gasteiger partial charge in [-0.3, -0.25) is 9.98 Å². The molecule has 0 unspecified atom stereocenters. The molecule has 10 aromatic rings. The highest BCUT2D eigenvalue weighted by Crippen LogP contribution is 2.37. The van der Waals surface area contributed by atoms with Crippen molar-refractivity contribution in [2.24, 2.45) is 9.98 Å². The Labute approximate surface area is 315 Å². The number of rotatable bonds is 11. The summed E-state index contributed by atoms with van der Waals surface area (Å²) in [6.07, 6.45) is 11.2. The molecule has 0 aliphatic rings. The fourth-order valence-electron chi connectivity index (χ4n) is 8.54. The van der Waals surface area contributed by atoms with Gasteiger partial charge in [-0.2, -0.15) is 0 Å².